The standard InChI is InChI=1S/C27H18BrCl2N3OS/c28-20-11-9-19(10-12-20)26-14-13-21(34-26)15-31-33-16-25(18-5-2-1-3-6-18)32-27(33)35-17-22-23(29)7-4-8-24(22)30/h1-16H,17H2/b31-15+. The Kier molecular flexibility index (Phi) is 7.44. The fraction of sp³-hybridized carbons (Fsp3) is 0.0370. The Bertz CT molecular complexity index is 1460. The molecule has 0 fully saturated rings. The zero-order valence-electron chi connectivity index (χ0n) is 18.2. The van der Waals surface area contributed by atoms with Crippen LogP contribution in [0.5, 0.6) is 0 Å². The highest BCUT2D eigenvalue weighted by molar-refractivity contribution is 9.10. The summed E-state index contributed by atoms with van der Waals surface area (Å²) in [6, 6.07) is 27.3. The summed E-state index contributed by atoms with van der Waals surface area (Å²) in [4.78, 5) is 4.82. The van der Waals surface area contributed by atoms with Crippen LogP contribution in [0.1, 0.15) is 11.3 Å². The first-order valence-corrected chi connectivity index (χ1v) is 13.2. The van der Waals surface area contributed by atoms with Gasteiger partial charge in [-0.1, -0.05) is 99.4 Å². The Hall–Kier alpha value is -2.77. The van der Waals surface area contributed by atoms with Crippen LogP contribution < -0.4 is 0 Å². The molecular weight excluding hydrogens is 565 g/mol. The first-order chi connectivity index (χ1) is 17.1. The fourth-order valence-electron chi connectivity index (χ4n) is 3.40. The van der Waals surface area contributed by atoms with Gasteiger partial charge in [0, 0.05) is 31.4 Å². The number of furan rings is 1. The smallest absolute Gasteiger partial charge is 0.189 e. The van der Waals surface area contributed by atoms with Crippen LogP contribution in [0.15, 0.2) is 110 Å². The molecule has 2 aromatic heterocycles. The monoisotopic (exact) mass is 581 g/mol. The summed E-state index contributed by atoms with van der Waals surface area (Å²) in [6.45, 7) is 0. The summed E-state index contributed by atoms with van der Waals surface area (Å²) < 4.78 is 8.75. The Morgan fingerprint density at radius 2 is 1.63 bits per heavy atom. The lowest BCUT2D eigenvalue weighted by Gasteiger charge is -2.06. The van der Waals surface area contributed by atoms with Gasteiger partial charge in [-0.05, 0) is 42.0 Å². The maximum atomic E-state index is 6.37. The summed E-state index contributed by atoms with van der Waals surface area (Å²) in [6.07, 6.45) is 3.59. The first-order valence-electron chi connectivity index (χ1n) is 10.7. The molecule has 0 N–H and O–H groups in total. The topological polar surface area (TPSA) is 43.3 Å². The lowest BCUT2D eigenvalue weighted by molar-refractivity contribution is 0.573. The van der Waals surface area contributed by atoms with E-state index in [-0.39, 0.29) is 0 Å². The largest absolute Gasteiger partial charge is 0.455 e. The van der Waals surface area contributed by atoms with E-state index >= 15 is 0 Å². The van der Waals surface area contributed by atoms with Gasteiger partial charge in [0.1, 0.15) is 11.5 Å². The van der Waals surface area contributed by atoms with Crippen molar-refractivity contribution >= 4 is 57.1 Å². The van der Waals surface area contributed by atoms with Crippen LogP contribution in [0.25, 0.3) is 22.6 Å². The highest BCUT2D eigenvalue weighted by Crippen LogP contribution is 2.32. The third kappa shape index (κ3) is 5.73. The van der Waals surface area contributed by atoms with Gasteiger partial charge in [-0.3, -0.25) is 0 Å². The number of nitrogens with zero attached hydrogens (tertiary/aromatic N) is 3. The first kappa shape index (κ1) is 23.9. The van der Waals surface area contributed by atoms with Crippen molar-refractivity contribution in [2.45, 2.75) is 10.9 Å². The van der Waals surface area contributed by atoms with E-state index in [0.717, 1.165) is 37.8 Å². The van der Waals surface area contributed by atoms with Gasteiger partial charge >= 0.3 is 0 Å². The molecule has 35 heavy (non-hydrogen) atoms. The van der Waals surface area contributed by atoms with Crippen LogP contribution >= 0.6 is 50.9 Å². The van der Waals surface area contributed by atoms with Gasteiger partial charge in [-0.15, -0.1) is 0 Å². The van der Waals surface area contributed by atoms with E-state index in [1.165, 1.54) is 11.8 Å². The molecule has 5 aromatic rings. The van der Waals surface area contributed by atoms with Crippen LogP contribution in [0.4, 0.5) is 0 Å². The minimum Gasteiger partial charge on any atom is -0.455 e. The van der Waals surface area contributed by atoms with Crippen molar-refractivity contribution in [3.63, 3.8) is 0 Å². The van der Waals surface area contributed by atoms with Crippen LogP contribution in [0.3, 0.4) is 0 Å². The molecule has 4 nitrogen and oxygen atoms in total. The molecule has 3 aromatic carbocycles. The van der Waals surface area contributed by atoms with Gasteiger partial charge in [0.2, 0.25) is 0 Å². The van der Waals surface area contributed by atoms with E-state index < -0.39 is 0 Å². The lowest BCUT2D eigenvalue weighted by atomic mass is 10.2. The maximum Gasteiger partial charge on any atom is 0.189 e. The van der Waals surface area contributed by atoms with Gasteiger partial charge in [0.05, 0.1) is 18.1 Å². The number of halogens is 3. The average Bonchev–Trinajstić information content (AvgIpc) is 3.51. The van der Waals surface area contributed by atoms with Crippen LogP contribution in [0, 0.1) is 0 Å². The lowest BCUT2D eigenvalue weighted by Crippen LogP contribution is -1.93. The van der Waals surface area contributed by atoms with Crippen molar-refractivity contribution in [3.05, 3.63) is 117 Å². The van der Waals surface area contributed by atoms with Crippen molar-refractivity contribution in [3.8, 4) is 22.6 Å². The zero-order chi connectivity index (χ0) is 24.2. The summed E-state index contributed by atoms with van der Waals surface area (Å²) in [5.74, 6) is 1.98. The van der Waals surface area contributed by atoms with Crippen LogP contribution in [-0.2, 0) is 5.75 Å². The molecule has 0 atom stereocenters. The third-order valence-corrected chi connectivity index (χ3v) is 7.40. The van der Waals surface area contributed by atoms with Crippen molar-refractivity contribution in [1.82, 2.24) is 9.66 Å². The predicted molar refractivity (Wildman–Crippen MR) is 149 cm³/mol. The molecule has 0 saturated heterocycles. The molecular formula is C27H18BrCl2N3OS. The Labute approximate surface area is 225 Å². The van der Waals surface area contributed by atoms with Crippen molar-refractivity contribution in [2.75, 3.05) is 0 Å². The predicted octanol–water partition coefficient (Wildman–Crippen LogP) is 9.05. The molecule has 2 heterocycles. The number of hydrogen-bond donors (Lipinski definition) is 0. The highest BCUT2D eigenvalue weighted by Gasteiger charge is 2.13. The Morgan fingerprint density at radius 3 is 2.37 bits per heavy atom. The van der Waals surface area contributed by atoms with Gasteiger partial charge in [-0.25, -0.2) is 9.66 Å². The quantitative estimate of drug-likeness (QED) is 0.142. The van der Waals surface area contributed by atoms with Gasteiger partial charge < -0.3 is 4.42 Å². The fourth-order valence-corrected chi connectivity index (χ4v) is 5.33. The van der Waals surface area contributed by atoms with E-state index in [4.69, 9.17) is 32.6 Å². The molecule has 0 bridgehead atoms. The molecule has 0 saturated carbocycles. The zero-order valence-corrected chi connectivity index (χ0v) is 22.2. The van der Waals surface area contributed by atoms with E-state index in [1.807, 2.05) is 91.1 Å². The SMILES string of the molecule is Clc1cccc(Cl)c1CSc1nc(-c2ccccc2)cn1/N=C/c1ccc(-c2ccc(Br)cc2)o1. The molecule has 0 aliphatic rings. The van der Waals surface area contributed by atoms with E-state index in [9.17, 15) is 0 Å². The highest BCUT2D eigenvalue weighted by atomic mass is 79.9. The van der Waals surface area contributed by atoms with Crippen LogP contribution in [0.2, 0.25) is 10.0 Å². The van der Waals surface area contributed by atoms with Crippen molar-refractivity contribution in [2.24, 2.45) is 5.10 Å². The molecule has 174 valence electrons. The van der Waals surface area contributed by atoms with Crippen LogP contribution in [-0.4, -0.2) is 15.9 Å². The number of benzene rings is 3. The second kappa shape index (κ2) is 10.9. The van der Waals surface area contributed by atoms with Crippen molar-refractivity contribution < 1.29 is 4.42 Å². The summed E-state index contributed by atoms with van der Waals surface area (Å²) in [5.41, 5.74) is 3.70. The third-order valence-electron chi connectivity index (χ3n) is 5.20. The number of hydrogen-bond acceptors (Lipinski definition) is 4. The van der Waals surface area contributed by atoms with Gasteiger partial charge in [0.15, 0.2) is 5.16 Å². The molecule has 5 rings (SSSR count). The number of rotatable bonds is 7. The second-order valence-electron chi connectivity index (χ2n) is 7.56. The Balaban J connectivity index is 1.42. The summed E-state index contributed by atoms with van der Waals surface area (Å²) >= 11 is 17.7. The minimum atomic E-state index is 0.563. The van der Waals surface area contributed by atoms with E-state index in [2.05, 4.69) is 21.0 Å². The van der Waals surface area contributed by atoms with Crippen molar-refractivity contribution in [1.29, 1.82) is 0 Å². The summed E-state index contributed by atoms with van der Waals surface area (Å²) in [5, 5.41) is 6.62. The number of imidazole rings is 1. The molecule has 0 spiro atoms. The van der Waals surface area contributed by atoms with E-state index in [0.29, 0.717) is 21.6 Å². The average molecular weight is 583 g/mol. The molecule has 8 heteroatoms. The Morgan fingerprint density at radius 1 is 0.886 bits per heavy atom. The number of aromatic nitrogens is 2. The summed E-state index contributed by atoms with van der Waals surface area (Å²) in [7, 11) is 0. The molecule has 0 amide bonds. The normalized spacial score (nSPS) is 11.4. The molecule has 0 aliphatic carbocycles. The van der Waals surface area contributed by atoms with E-state index in [1.54, 1.807) is 10.9 Å². The maximum absolute atomic E-state index is 6.37. The second-order valence-corrected chi connectivity index (χ2v) is 10.2. The van der Waals surface area contributed by atoms with Gasteiger partial charge in [-0.2, -0.15) is 5.10 Å². The van der Waals surface area contributed by atoms with Gasteiger partial charge in [0.25, 0.3) is 0 Å². The number of thioether (sulfide) groups is 1. The minimum absolute atomic E-state index is 0.563. The molecule has 0 radical (unpaired) electrons. The molecule has 0 unspecified atom stereocenters. The molecule has 0 aliphatic heterocycles.